The SMILES string of the molecule is NC(=O)N[P+](CO)(CO)CO. The van der Waals surface area contributed by atoms with Gasteiger partial charge in [-0.1, -0.05) is 0 Å². The zero-order valence-corrected chi connectivity index (χ0v) is 6.79. The summed E-state index contributed by atoms with van der Waals surface area (Å²) in [6.07, 6.45) is -1.37. The van der Waals surface area contributed by atoms with Crippen LogP contribution in [-0.4, -0.2) is 40.4 Å². The summed E-state index contributed by atoms with van der Waals surface area (Å²) in [6, 6.07) is -0.851. The van der Waals surface area contributed by atoms with Gasteiger partial charge in [-0.25, -0.2) is 9.88 Å². The lowest BCUT2D eigenvalue weighted by atomic mass is 11.2. The molecular formula is C4H12N2O4P+. The Labute approximate surface area is 64.4 Å². The van der Waals surface area contributed by atoms with Crippen LogP contribution < -0.4 is 10.8 Å². The second-order valence-electron chi connectivity index (χ2n) is 2.05. The van der Waals surface area contributed by atoms with Crippen molar-refractivity contribution < 1.29 is 20.1 Å². The van der Waals surface area contributed by atoms with Gasteiger partial charge >= 0.3 is 6.03 Å². The lowest BCUT2D eigenvalue weighted by Gasteiger charge is -2.18. The fourth-order valence-electron chi connectivity index (χ4n) is 0.474. The summed E-state index contributed by atoms with van der Waals surface area (Å²) in [7, 11) is -2.55. The molecule has 0 aromatic rings. The molecule has 0 aromatic carbocycles. The number of amides is 2. The summed E-state index contributed by atoms with van der Waals surface area (Å²) in [5.41, 5.74) is 4.75. The summed E-state index contributed by atoms with van der Waals surface area (Å²) < 4.78 is 0. The predicted octanol–water partition coefficient (Wildman–Crippen LogP) is -1.56. The van der Waals surface area contributed by atoms with Gasteiger partial charge in [-0.05, 0) is 0 Å². The predicted molar refractivity (Wildman–Crippen MR) is 40.9 cm³/mol. The maximum atomic E-state index is 10.3. The van der Waals surface area contributed by atoms with Crippen molar-refractivity contribution >= 4 is 13.4 Å². The minimum Gasteiger partial charge on any atom is -0.360 e. The van der Waals surface area contributed by atoms with Crippen molar-refractivity contribution in [3.8, 4) is 0 Å². The molecule has 0 heterocycles. The summed E-state index contributed by atoms with van der Waals surface area (Å²) in [4.78, 5) is 10.3. The van der Waals surface area contributed by atoms with E-state index in [2.05, 4.69) is 5.09 Å². The van der Waals surface area contributed by atoms with Crippen LogP contribution >= 0.6 is 7.41 Å². The third-order valence-corrected chi connectivity index (χ3v) is 3.48. The second kappa shape index (κ2) is 4.46. The molecule has 0 spiro atoms. The number of aliphatic hydroxyl groups excluding tert-OH is 3. The first-order valence-electron chi connectivity index (χ1n) is 2.86. The minimum atomic E-state index is -2.55. The summed E-state index contributed by atoms with van der Waals surface area (Å²) >= 11 is 0. The van der Waals surface area contributed by atoms with Crippen LogP contribution in [0.5, 0.6) is 0 Å². The normalized spacial score (nSPS) is 11.2. The molecule has 66 valence electrons. The Bertz CT molecular complexity index is 130. The van der Waals surface area contributed by atoms with E-state index in [1.807, 2.05) is 0 Å². The van der Waals surface area contributed by atoms with E-state index >= 15 is 0 Å². The Hall–Kier alpha value is -0.420. The first-order valence-corrected chi connectivity index (χ1v) is 5.21. The number of hydrogen-bond acceptors (Lipinski definition) is 4. The third kappa shape index (κ3) is 2.98. The van der Waals surface area contributed by atoms with Crippen molar-refractivity contribution in [3.63, 3.8) is 0 Å². The fraction of sp³-hybridized carbons (Fsp3) is 0.750. The van der Waals surface area contributed by atoms with E-state index in [4.69, 9.17) is 21.1 Å². The van der Waals surface area contributed by atoms with Crippen LogP contribution in [0.1, 0.15) is 0 Å². The highest BCUT2D eigenvalue weighted by Gasteiger charge is 2.37. The van der Waals surface area contributed by atoms with Crippen molar-refractivity contribution in [2.45, 2.75) is 0 Å². The third-order valence-electron chi connectivity index (χ3n) is 1.16. The number of rotatable bonds is 4. The zero-order valence-electron chi connectivity index (χ0n) is 5.90. The molecule has 6 N–H and O–H groups in total. The van der Waals surface area contributed by atoms with E-state index in [0.717, 1.165) is 0 Å². The van der Waals surface area contributed by atoms with E-state index in [1.165, 1.54) is 0 Å². The van der Waals surface area contributed by atoms with Crippen LogP contribution in [0, 0.1) is 0 Å². The monoisotopic (exact) mass is 183 g/mol. The Morgan fingerprint density at radius 1 is 1.27 bits per heavy atom. The summed E-state index contributed by atoms with van der Waals surface area (Å²) in [5, 5.41) is 28.2. The van der Waals surface area contributed by atoms with E-state index in [0.29, 0.717) is 0 Å². The molecule has 11 heavy (non-hydrogen) atoms. The van der Waals surface area contributed by atoms with Crippen LogP contribution in [0.3, 0.4) is 0 Å². The molecule has 0 unspecified atom stereocenters. The number of carbonyl (C=O) groups is 1. The molecule has 2 amide bonds. The number of nitrogens with one attached hydrogen (secondary N) is 1. The lowest BCUT2D eigenvalue weighted by Crippen LogP contribution is -2.33. The minimum absolute atomic E-state index is 0.455. The van der Waals surface area contributed by atoms with Gasteiger partial charge < -0.3 is 21.1 Å². The maximum absolute atomic E-state index is 10.3. The molecule has 0 aliphatic carbocycles. The number of carbonyl (C=O) groups excluding carboxylic acids is 1. The second-order valence-corrected chi connectivity index (χ2v) is 5.41. The van der Waals surface area contributed by atoms with Crippen molar-refractivity contribution in [2.75, 3.05) is 19.0 Å². The fourth-order valence-corrected chi connectivity index (χ4v) is 1.42. The molecule has 0 saturated heterocycles. The van der Waals surface area contributed by atoms with Gasteiger partial charge in [0.05, 0.1) is 0 Å². The number of hydrogen-bond donors (Lipinski definition) is 5. The van der Waals surface area contributed by atoms with Crippen LogP contribution in [-0.2, 0) is 0 Å². The Kier molecular flexibility index (Phi) is 4.29. The summed E-state index contributed by atoms with van der Waals surface area (Å²) in [6.45, 7) is 0. The first-order chi connectivity index (χ1) is 5.10. The van der Waals surface area contributed by atoms with Crippen LogP contribution in [0.25, 0.3) is 0 Å². The van der Waals surface area contributed by atoms with E-state index in [1.54, 1.807) is 0 Å². The highest BCUT2D eigenvalue weighted by atomic mass is 31.2. The van der Waals surface area contributed by atoms with Crippen molar-refractivity contribution in [2.24, 2.45) is 5.73 Å². The molecule has 6 nitrogen and oxygen atoms in total. The van der Waals surface area contributed by atoms with Crippen molar-refractivity contribution in [1.29, 1.82) is 0 Å². The quantitative estimate of drug-likeness (QED) is 0.339. The van der Waals surface area contributed by atoms with Gasteiger partial charge in [-0.2, -0.15) is 0 Å². The molecule has 0 rings (SSSR count). The Morgan fingerprint density at radius 2 is 1.64 bits per heavy atom. The average molecular weight is 183 g/mol. The Morgan fingerprint density at radius 3 is 1.73 bits per heavy atom. The van der Waals surface area contributed by atoms with Gasteiger partial charge in [-0.3, -0.25) is 0 Å². The summed E-state index contributed by atoms with van der Waals surface area (Å²) in [5.74, 6) is 0. The van der Waals surface area contributed by atoms with Crippen LogP contribution in [0.2, 0.25) is 0 Å². The van der Waals surface area contributed by atoms with Gasteiger partial charge in [0, 0.05) is 0 Å². The number of aliphatic hydroxyl groups is 3. The van der Waals surface area contributed by atoms with Crippen LogP contribution in [0.15, 0.2) is 0 Å². The van der Waals surface area contributed by atoms with Crippen LogP contribution in [0.4, 0.5) is 4.79 Å². The molecule has 0 atom stereocenters. The first kappa shape index (κ1) is 10.6. The maximum Gasteiger partial charge on any atom is 0.344 e. The standard InChI is InChI=1S/C4H11N2O4P/c5-4(10)6-11(1-7,2-8)3-9/h7-9H,1-3H2,(H2-,5,6,10)/p+1. The lowest BCUT2D eigenvalue weighted by molar-refractivity contribution is 0.251. The number of nitrogens with two attached hydrogens (primary N) is 1. The molecule has 0 saturated carbocycles. The topological polar surface area (TPSA) is 116 Å². The smallest absolute Gasteiger partial charge is 0.344 e. The van der Waals surface area contributed by atoms with Gasteiger partial charge in [0.2, 0.25) is 0 Å². The highest BCUT2D eigenvalue weighted by molar-refractivity contribution is 7.74. The van der Waals surface area contributed by atoms with Crippen molar-refractivity contribution in [3.05, 3.63) is 0 Å². The van der Waals surface area contributed by atoms with E-state index in [-0.39, 0.29) is 0 Å². The Balaban J connectivity index is 4.16. The van der Waals surface area contributed by atoms with Crippen molar-refractivity contribution in [1.82, 2.24) is 5.09 Å². The zero-order chi connectivity index (χ0) is 8.91. The van der Waals surface area contributed by atoms with Gasteiger partial charge in [0.25, 0.3) is 0 Å². The number of urea groups is 1. The van der Waals surface area contributed by atoms with Gasteiger partial charge in [0.15, 0.2) is 26.5 Å². The molecule has 0 aliphatic heterocycles. The van der Waals surface area contributed by atoms with Gasteiger partial charge in [0.1, 0.15) is 0 Å². The molecule has 0 fully saturated rings. The molecule has 7 heteroatoms. The largest absolute Gasteiger partial charge is 0.360 e. The molecule has 0 aromatic heterocycles. The number of primary amides is 1. The molecule has 0 bridgehead atoms. The molecule has 0 aliphatic rings. The average Bonchev–Trinajstić information content (AvgIpc) is 2.00. The molecular weight excluding hydrogens is 171 g/mol. The van der Waals surface area contributed by atoms with E-state index < -0.39 is 32.5 Å². The van der Waals surface area contributed by atoms with Gasteiger partial charge in [-0.15, -0.1) is 0 Å². The molecule has 0 radical (unpaired) electrons. The van der Waals surface area contributed by atoms with E-state index in [9.17, 15) is 4.79 Å². The highest BCUT2D eigenvalue weighted by Crippen LogP contribution is 2.50.